The molecule has 1 aromatic rings. The molecule has 0 aromatic heterocycles. The van der Waals surface area contributed by atoms with E-state index in [9.17, 15) is 9.18 Å². The fourth-order valence-corrected chi connectivity index (χ4v) is 2.58. The molecule has 0 aliphatic carbocycles. The van der Waals surface area contributed by atoms with E-state index in [1.54, 1.807) is 13.1 Å². The van der Waals surface area contributed by atoms with Crippen LogP contribution in [-0.2, 0) is 37.5 Å². The van der Waals surface area contributed by atoms with Gasteiger partial charge in [0.05, 0.1) is 9.74 Å². The Morgan fingerprint density at radius 2 is 2.22 bits per heavy atom. The Kier molecular flexibility index (Phi) is 6.22. The summed E-state index contributed by atoms with van der Waals surface area (Å²) >= 11 is 8.02. The van der Waals surface area contributed by atoms with E-state index in [-0.39, 0.29) is 48.1 Å². The fraction of sp³-hybridized carbons (Fsp3) is 0.250. The van der Waals surface area contributed by atoms with Crippen LogP contribution in [0.15, 0.2) is 18.2 Å². The van der Waals surface area contributed by atoms with Gasteiger partial charge in [0.1, 0.15) is 0 Å². The number of benzene rings is 1. The van der Waals surface area contributed by atoms with Crippen LogP contribution >= 0.6 is 34.2 Å². The molecule has 0 N–H and O–H groups in total. The molecule has 18 heavy (non-hydrogen) atoms. The van der Waals surface area contributed by atoms with Gasteiger partial charge >= 0.3 is 0 Å². The average Bonchev–Trinajstić information content (AvgIpc) is 2.29. The van der Waals surface area contributed by atoms with Gasteiger partial charge in [0.2, 0.25) is 5.91 Å². The quantitative estimate of drug-likeness (QED) is 0.363. The summed E-state index contributed by atoms with van der Waals surface area (Å²) in [6, 6.07) is 4.46. The minimum atomic E-state index is -0.438. The number of hydrogen-bond acceptors (Lipinski definition) is 1. The predicted molar refractivity (Wildman–Crippen MR) is 73.3 cm³/mol. The zero-order valence-corrected chi connectivity index (χ0v) is 15.3. The zero-order chi connectivity index (χ0) is 12.6. The number of carbonyl (C=O) groups is 1. The first-order chi connectivity index (χ1) is 8.02. The third kappa shape index (κ3) is 3.14. The average molecular weight is 453 g/mol. The van der Waals surface area contributed by atoms with Crippen LogP contribution in [0, 0.1) is 11.9 Å². The molecule has 0 spiro atoms. The van der Waals surface area contributed by atoms with E-state index < -0.39 is 5.82 Å². The maximum Gasteiger partial charge on any atom is 0.235 e. The first-order valence-corrected chi connectivity index (χ1v) is 6.61. The van der Waals surface area contributed by atoms with Gasteiger partial charge in [-0.05, 0) is 11.1 Å². The molecule has 1 unspecified atom stereocenters. The first-order valence-electron chi connectivity index (χ1n) is 4.99. The van der Waals surface area contributed by atoms with Gasteiger partial charge in [0.15, 0.2) is 0 Å². The molecule has 1 aromatic carbocycles. The van der Waals surface area contributed by atoms with Crippen molar-refractivity contribution in [3.63, 3.8) is 0 Å². The smallest absolute Gasteiger partial charge is 0.235 e. The van der Waals surface area contributed by atoms with Gasteiger partial charge in [0.25, 0.3) is 0 Å². The number of carbonyl (C=O) groups excluding carboxylic acids is 1. The maximum atomic E-state index is 13.7. The Balaban J connectivity index is 0.00000162. The van der Waals surface area contributed by atoms with Gasteiger partial charge in [-0.2, -0.15) is 0 Å². The predicted octanol–water partition coefficient (Wildman–Crippen LogP) is 3.29. The molecular formula is C12H9ClFINOY-. The van der Waals surface area contributed by atoms with Crippen LogP contribution in [0.5, 0.6) is 0 Å². The molecule has 6 heteroatoms. The molecule has 0 bridgehead atoms. The Morgan fingerprint density at radius 3 is 2.83 bits per heavy atom. The minimum absolute atomic E-state index is 0. The van der Waals surface area contributed by atoms with Gasteiger partial charge in [-0.3, -0.25) is 4.79 Å². The summed E-state index contributed by atoms with van der Waals surface area (Å²) in [6.07, 6.45) is 3.51. The van der Waals surface area contributed by atoms with Crippen molar-refractivity contribution in [3.8, 4) is 0 Å². The van der Waals surface area contributed by atoms with Crippen LogP contribution in [0.25, 0.3) is 5.70 Å². The van der Waals surface area contributed by atoms with Crippen molar-refractivity contribution >= 4 is 45.8 Å². The fourth-order valence-electron chi connectivity index (χ4n) is 1.69. The van der Waals surface area contributed by atoms with Crippen molar-refractivity contribution in [2.75, 3.05) is 7.05 Å². The second-order valence-electron chi connectivity index (χ2n) is 3.69. The number of rotatable bonds is 1. The molecule has 1 heterocycles. The summed E-state index contributed by atoms with van der Waals surface area (Å²) in [4.78, 5) is 13.2. The first kappa shape index (κ1) is 16.5. The van der Waals surface area contributed by atoms with E-state index in [2.05, 4.69) is 28.7 Å². The van der Waals surface area contributed by atoms with Gasteiger partial charge in [0, 0.05) is 39.8 Å². The molecule has 1 aliphatic heterocycles. The van der Waals surface area contributed by atoms with E-state index in [1.165, 1.54) is 17.0 Å². The number of hydrogen-bond donors (Lipinski definition) is 0. The van der Waals surface area contributed by atoms with Gasteiger partial charge in [-0.15, -0.1) is 17.3 Å². The molecule has 0 saturated heterocycles. The van der Waals surface area contributed by atoms with Crippen LogP contribution in [0.2, 0.25) is 5.02 Å². The Morgan fingerprint density at radius 1 is 1.56 bits per heavy atom. The third-order valence-electron chi connectivity index (χ3n) is 2.58. The third-order valence-corrected chi connectivity index (χ3v) is 3.87. The number of halogens is 3. The second-order valence-corrected chi connectivity index (χ2v) is 5.60. The van der Waals surface area contributed by atoms with Crippen molar-refractivity contribution < 1.29 is 41.9 Å². The Bertz CT molecular complexity index is 489. The molecular weight excluding hydrogens is 444 g/mol. The largest absolute Gasteiger partial charge is 0.349 e. The van der Waals surface area contributed by atoms with Crippen molar-refractivity contribution in [1.82, 2.24) is 4.90 Å². The normalized spacial score (nSPS) is 19.3. The summed E-state index contributed by atoms with van der Waals surface area (Å²) in [5.74, 6) is -0.495. The van der Waals surface area contributed by atoms with Crippen molar-refractivity contribution in [2.45, 2.75) is 10.3 Å². The van der Waals surface area contributed by atoms with Crippen molar-refractivity contribution in [3.05, 3.63) is 40.7 Å². The molecule has 1 aliphatic rings. The molecule has 0 saturated carbocycles. The topological polar surface area (TPSA) is 20.3 Å². The second kappa shape index (κ2) is 6.77. The summed E-state index contributed by atoms with van der Waals surface area (Å²) in [7, 11) is 1.61. The van der Waals surface area contributed by atoms with E-state index in [0.29, 0.717) is 17.1 Å². The molecule has 1 amide bonds. The summed E-state index contributed by atoms with van der Waals surface area (Å²) < 4.78 is 13.6. The summed E-state index contributed by atoms with van der Waals surface area (Å²) in [6.45, 7) is 0. The number of alkyl halides is 1. The molecule has 2 nitrogen and oxygen atoms in total. The van der Waals surface area contributed by atoms with Crippen molar-refractivity contribution in [2.24, 2.45) is 0 Å². The standard InChI is InChI=1S/C12H9ClFINO.Y/c1-16-10(6-5-9(15)12(16)17)11-7(13)3-2-4-8(11)14;/h2-4,9H,5H2,1H3;/q-1;. The molecule has 0 fully saturated rings. The van der Waals surface area contributed by atoms with Gasteiger partial charge in [-0.1, -0.05) is 46.7 Å². The molecule has 1 radical (unpaired) electrons. The van der Waals surface area contributed by atoms with Crippen LogP contribution in [0.4, 0.5) is 4.39 Å². The minimum Gasteiger partial charge on any atom is -0.349 e. The number of nitrogens with zero attached hydrogens (tertiary/aromatic N) is 1. The Hall–Kier alpha value is 0.484. The summed E-state index contributed by atoms with van der Waals surface area (Å²) in [5.41, 5.74) is 0.666. The molecule has 1 atom stereocenters. The zero-order valence-electron chi connectivity index (χ0n) is 9.58. The summed E-state index contributed by atoms with van der Waals surface area (Å²) in [5, 5.41) is 0.291. The van der Waals surface area contributed by atoms with Gasteiger partial charge in [-0.25, -0.2) is 10.5 Å². The maximum absolute atomic E-state index is 13.7. The number of allylic oxidation sites excluding steroid dienone is 1. The van der Waals surface area contributed by atoms with E-state index in [1.807, 2.05) is 0 Å². The van der Waals surface area contributed by atoms with E-state index in [4.69, 9.17) is 11.6 Å². The van der Waals surface area contributed by atoms with Crippen LogP contribution in [-0.4, -0.2) is 21.8 Å². The van der Waals surface area contributed by atoms with Gasteiger partial charge < -0.3 is 4.90 Å². The molecule has 2 rings (SSSR count). The van der Waals surface area contributed by atoms with Crippen LogP contribution in [0.3, 0.4) is 0 Å². The Labute approximate surface area is 149 Å². The SMILES string of the molecule is CN1C(=O)C(I)C[C-]=C1c1c(F)cccc1Cl.[Y]. The van der Waals surface area contributed by atoms with Crippen LogP contribution in [0.1, 0.15) is 12.0 Å². The van der Waals surface area contributed by atoms with E-state index >= 15 is 0 Å². The van der Waals surface area contributed by atoms with Crippen molar-refractivity contribution in [1.29, 1.82) is 0 Å². The van der Waals surface area contributed by atoms with E-state index in [0.717, 1.165) is 0 Å². The number of amides is 1. The molecule has 93 valence electrons. The monoisotopic (exact) mass is 453 g/mol. The van der Waals surface area contributed by atoms with Crippen LogP contribution < -0.4 is 0 Å².